The van der Waals surface area contributed by atoms with Crippen LogP contribution >= 0.6 is 0 Å². The summed E-state index contributed by atoms with van der Waals surface area (Å²) in [6.45, 7) is 5.75. The van der Waals surface area contributed by atoms with Gasteiger partial charge < -0.3 is 45.1 Å². The third kappa shape index (κ3) is 43.7. The van der Waals surface area contributed by atoms with E-state index in [4.69, 9.17) is 14.2 Å². The van der Waals surface area contributed by atoms with Gasteiger partial charge in [-0.2, -0.15) is 0 Å². The van der Waals surface area contributed by atoms with Crippen LogP contribution in [0.4, 0.5) is 0 Å². The first-order valence-corrected chi connectivity index (χ1v) is 33.2. The fourth-order valence-electron chi connectivity index (χ4n) is 10.0. The summed E-state index contributed by atoms with van der Waals surface area (Å²) in [5.74, 6) is -1.20. The molecule has 0 radical (unpaired) electrons. The number of amides is 1. The molecular formula is C69H123NO10. The first kappa shape index (κ1) is 75.1. The molecule has 1 rings (SSSR count). The van der Waals surface area contributed by atoms with Gasteiger partial charge in [0.2, 0.25) is 5.91 Å². The zero-order valence-electron chi connectivity index (χ0n) is 51.4. The van der Waals surface area contributed by atoms with Crippen LogP contribution in [0.2, 0.25) is 0 Å². The molecule has 8 atom stereocenters. The van der Waals surface area contributed by atoms with E-state index in [-0.39, 0.29) is 19.4 Å². The number of ether oxygens (including phenoxy) is 3. The number of carbonyl (C=O) groups excluding carboxylic acids is 2. The van der Waals surface area contributed by atoms with Crippen LogP contribution in [0, 0.1) is 0 Å². The Labute approximate surface area is 490 Å². The van der Waals surface area contributed by atoms with Crippen molar-refractivity contribution in [1.82, 2.24) is 5.32 Å². The molecule has 1 saturated heterocycles. The highest BCUT2D eigenvalue weighted by atomic mass is 16.7. The average molecular weight is 1130 g/mol. The van der Waals surface area contributed by atoms with E-state index in [9.17, 15) is 35.1 Å². The Morgan fingerprint density at radius 1 is 0.487 bits per heavy atom. The van der Waals surface area contributed by atoms with Gasteiger partial charge in [0.25, 0.3) is 0 Å². The van der Waals surface area contributed by atoms with Crippen molar-refractivity contribution in [2.75, 3.05) is 13.2 Å². The van der Waals surface area contributed by atoms with Crippen molar-refractivity contribution in [1.29, 1.82) is 0 Å². The van der Waals surface area contributed by atoms with Gasteiger partial charge in [-0.15, -0.1) is 0 Å². The van der Waals surface area contributed by atoms with Crippen LogP contribution in [-0.2, 0) is 23.8 Å². The van der Waals surface area contributed by atoms with Crippen LogP contribution in [0.15, 0.2) is 72.9 Å². The summed E-state index contributed by atoms with van der Waals surface area (Å²) in [6.07, 6.45) is 62.1. The molecule has 0 aromatic rings. The van der Waals surface area contributed by atoms with Gasteiger partial charge in [-0.05, 0) is 96.3 Å². The second-order valence-corrected chi connectivity index (χ2v) is 22.8. The van der Waals surface area contributed by atoms with E-state index < -0.39 is 67.4 Å². The minimum Gasteiger partial charge on any atom is -0.454 e. The Morgan fingerprint density at radius 2 is 0.863 bits per heavy atom. The van der Waals surface area contributed by atoms with Gasteiger partial charge in [0.05, 0.1) is 25.4 Å². The van der Waals surface area contributed by atoms with E-state index in [2.05, 4.69) is 86.8 Å². The Kier molecular flexibility index (Phi) is 53.1. The van der Waals surface area contributed by atoms with Crippen molar-refractivity contribution in [3.63, 3.8) is 0 Å². The van der Waals surface area contributed by atoms with Gasteiger partial charge in [-0.1, -0.05) is 261 Å². The van der Waals surface area contributed by atoms with Crippen molar-refractivity contribution in [2.45, 2.75) is 339 Å². The Hall–Kier alpha value is -2.90. The Bertz CT molecular complexity index is 1580. The maximum absolute atomic E-state index is 13.5. The molecule has 11 nitrogen and oxygen atoms in total. The number of unbranched alkanes of at least 4 members (excludes halogenated alkanes) is 32. The topological polar surface area (TPSA) is 175 Å². The van der Waals surface area contributed by atoms with Crippen molar-refractivity contribution in [3.05, 3.63) is 72.9 Å². The summed E-state index contributed by atoms with van der Waals surface area (Å²) in [4.78, 5) is 26.6. The quantitative estimate of drug-likeness (QED) is 0.0195. The smallest absolute Gasteiger partial charge is 0.306 e. The van der Waals surface area contributed by atoms with E-state index in [1.165, 1.54) is 141 Å². The molecule has 0 aromatic heterocycles. The zero-order chi connectivity index (χ0) is 58.2. The Morgan fingerprint density at radius 3 is 1.31 bits per heavy atom. The maximum Gasteiger partial charge on any atom is 0.306 e. The summed E-state index contributed by atoms with van der Waals surface area (Å²) >= 11 is 0. The molecule has 1 aliphatic heterocycles. The molecule has 8 unspecified atom stereocenters. The molecule has 0 spiro atoms. The predicted molar refractivity (Wildman–Crippen MR) is 333 cm³/mol. The summed E-state index contributed by atoms with van der Waals surface area (Å²) in [7, 11) is 0. The fraction of sp³-hybridized carbons (Fsp3) is 0.797. The maximum atomic E-state index is 13.5. The second-order valence-electron chi connectivity index (χ2n) is 22.8. The summed E-state index contributed by atoms with van der Waals surface area (Å²) in [6, 6.07) is -1.03. The molecule has 0 aliphatic carbocycles. The van der Waals surface area contributed by atoms with E-state index >= 15 is 0 Å². The molecule has 6 N–H and O–H groups in total. The molecule has 1 amide bonds. The second kappa shape index (κ2) is 56.6. The van der Waals surface area contributed by atoms with E-state index in [1.54, 1.807) is 6.08 Å². The summed E-state index contributed by atoms with van der Waals surface area (Å²) < 4.78 is 17.7. The van der Waals surface area contributed by atoms with Gasteiger partial charge in [0, 0.05) is 6.42 Å². The van der Waals surface area contributed by atoms with Gasteiger partial charge in [0.1, 0.15) is 24.4 Å². The van der Waals surface area contributed by atoms with E-state index in [0.717, 1.165) is 103 Å². The summed E-state index contributed by atoms with van der Waals surface area (Å²) in [5, 5.41) is 57.1. The van der Waals surface area contributed by atoms with Crippen LogP contribution in [0.25, 0.3) is 0 Å². The molecule has 1 heterocycles. The molecular weight excluding hydrogens is 1000 g/mol. The minimum atomic E-state index is -1.62. The molecule has 11 heteroatoms. The molecule has 464 valence electrons. The highest BCUT2D eigenvalue weighted by Crippen LogP contribution is 2.26. The highest BCUT2D eigenvalue weighted by Gasteiger charge is 2.47. The van der Waals surface area contributed by atoms with Crippen molar-refractivity contribution >= 4 is 11.9 Å². The SMILES string of the molecule is CCCCC/C=C\C/C=C\C/C=C\CCCCCCCCCC(O)C(=O)NC(COC1OC(CO)C(O)C(O)C1OC(=O)CCCCCCCCCCC/C=C\C/C=C\CCCCC)C(O)/C=C/CCCCCCCCCCCC. The third-order valence-corrected chi connectivity index (χ3v) is 15.3. The number of aliphatic hydroxyl groups is 5. The van der Waals surface area contributed by atoms with Crippen molar-refractivity contribution in [3.8, 4) is 0 Å². The number of nitrogens with one attached hydrogen (secondary N) is 1. The highest BCUT2D eigenvalue weighted by molar-refractivity contribution is 5.80. The monoisotopic (exact) mass is 1130 g/mol. The standard InChI is InChI=1S/C69H123NO10/c1-4-7-10-13-16-19-22-25-27-29-31-33-34-36-38-41-44-47-50-53-56-62(73)68(77)70-60(61(72)55-52-49-46-43-40-24-21-18-15-12-9-6-3)59-78-69-67(66(76)65(75)63(58-71)79-69)80-64(74)57-54-51-48-45-42-39-37-35-32-30-28-26-23-20-17-14-11-8-5-2/h16-17,19-20,25-28,31,33,52,55,60-63,65-67,69,71-73,75-76H,4-15,18,21-24,29-30,32,34-51,53-54,56-59H2,1-3H3,(H,70,77)/b19-16-,20-17-,27-25-,28-26-,33-31-,55-52+. The lowest BCUT2D eigenvalue weighted by Crippen LogP contribution is -2.61. The van der Waals surface area contributed by atoms with Gasteiger partial charge >= 0.3 is 5.97 Å². The van der Waals surface area contributed by atoms with Crippen LogP contribution in [0.3, 0.4) is 0 Å². The number of hydrogen-bond acceptors (Lipinski definition) is 10. The number of aliphatic hydroxyl groups excluding tert-OH is 5. The van der Waals surface area contributed by atoms with E-state index in [1.807, 2.05) is 6.08 Å². The zero-order valence-corrected chi connectivity index (χ0v) is 51.4. The number of rotatable bonds is 56. The first-order valence-electron chi connectivity index (χ1n) is 33.2. The first-order chi connectivity index (χ1) is 39.2. The molecule has 1 fully saturated rings. The average Bonchev–Trinajstić information content (AvgIpc) is 3.45. The summed E-state index contributed by atoms with van der Waals surface area (Å²) in [5.41, 5.74) is 0. The molecule has 0 aromatic carbocycles. The van der Waals surface area contributed by atoms with E-state index in [0.29, 0.717) is 12.8 Å². The molecule has 80 heavy (non-hydrogen) atoms. The fourth-order valence-corrected chi connectivity index (χ4v) is 10.0. The lowest BCUT2D eigenvalue weighted by Gasteiger charge is -2.41. The van der Waals surface area contributed by atoms with Crippen molar-refractivity contribution in [2.24, 2.45) is 0 Å². The van der Waals surface area contributed by atoms with Crippen LogP contribution < -0.4 is 5.32 Å². The Balaban J connectivity index is 2.65. The number of carbonyl (C=O) groups is 2. The molecule has 0 saturated carbocycles. The predicted octanol–water partition coefficient (Wildman–Crippen LogP) is 16.3. The van der Waals surface area contributed by atoms with Gasteiger partial charge in [-0.3, -0.25) is 9.59 Å². The van der Waals surface area contributed by atoms with Gasteiger partial charge in [-0.25, -0.2) is 0 Å². The van der Waals surface area contributed by atoms with Crippen LogP contribution in [-0.4, -0.2) is 99.6 Å². The molecule has 1 aliphatic rings. The van der Waals surface area contributed by atoms with Crippen molar-refractivity contribution < 1.29 is 49.3 Å². The van der Waals surface area contributed by atoms with Crippen LogP contribution in [0.1, 0.15) is 290 Å². The van der Waals surface area contributed by atoms with Crippen LogP contribution in [0.5, 0.6) is 0 Å². The third-order valence-electron chi connectivity index (χ3n) is 15.3. The molecule has 0 bridgehead atoms. The number of esters is 1. The number of allylic oxidation sites excluding steroid dienone is 11. The largest absolute Gasteiger partial charge is 0.454 e. The lowest BCUT2D eigenvalue weighted by atomic mass is 9.99. The normalized spacial score (nSPS) is 19.2. The lowest BCUT2D eigenvalue weighted by molar-refractivity contribution is -0.305. The minimum absolute atomic E-state index is 0.116. The number of hydrogen-bond donors (Lipinski definition) is 6. The van der Waals surface area contributed by atoms with Gasteiger partial charge in [0.15, 0.2) is 12.4 Å².